The van der Waals surface area contributed by atoms with E-state index < -0.39 is 5.41 Å². The van der Waals surface area contributed by atoms with E-state index >= 15 is 0 Å². The average molecular weight is 325 g/mol. The van der Waals surface area contributed by atoms with Crippen LogP contribution in [-0.4, -0.2) is 30.0 Å². The standard InChI is InChI=1S/C18H19N3O3/c22-16(14-6-10-19-11-7-14)20-21-17(23)18(8-12-24-13-9-18)15-4-2-1-3-5-15/h1-7,10-11H,8-9,12-13H2,(H,20,22)(H,21,23). The van der Waals surface area contributed by atoms with Gasteiger partial charge in [0.05, 0.1) is 5.41 Å². The first-order valence-corrected chi connectivity index (χ1v) is 7.86. The molecular weight excluding hydrogens is 306 g/mol. The molecule has 1 aliphatic heterocycles. The second-order valence-electron chi connectivity index (χ2n) is 5.70. The summed E-state index contributed by atoms with van der Waals surface area (Å²) in [5.41, 5.74) is 5.74. The maximum atomic E-state index is 12.9. The molecule has 6 heteroatoms. The lowest BCUT2D eigenvalue weighted by molar-refractivity contribution is -0.131. The summed E-state index contributed by atoms with van der Waals surface area (Å²) < 4.78 is 5.42. The minimum absolute atomic E-state index is 0.223. The molecule has 1 saturated heterocycles. The molecule has 1 fully saturated rings. The topological polar surface area (TPSA) is 80.3 Å². The Morgan fingerprint density at radius 1 is 0.958 bits per heavy atom. The number of ether oxygens (including phenoxy) is 1. The summed E-state index contributed by atoms with van der Waals surface area (Å²) in [5, 5.41) is 0. The van der Waals surface area contributed by atoms with Gasteiger partial charge in [0, 0.05) is 31.2 Å². The molecule has 6 nitrogen and oxygen atoms in total. The molecule has 24 heavy (non-hydrogen) atoms. The Morgan fingerprint density at radius 3 is 2.29 bits per heavy atom. The molecule has 3 rings (SSSR count). The molecule has 2 heterocycles. The zero-order valence-electron chi connectivity index (χ0n) is 13.2. The number of hydrogen-bond donors (Lipinski definition) is 2. The SMILES string of the molecule is O=C(NNC(=O)C1(c2ccccc2)CCOCC1)c1ccncc1. The minimum Gasteiger partial charge on any atom is -0.381 e. The normalized spacial score (nSPS) is 16.2. The largest absolute Gasteiger partial charge is 0.381 e. The number of benzene rings is 1. The van der Waals surface area contributed by atoms with Crippen LogP contribution in [0.1, 0.15) is 28.8 Å². The number of nitrogens with zero attached hydrogens (tertiary/aromatic N) is 1. The van der Waals surface area contributed by atoms with Crippen molar-refractivity contribution < 1.29 is 14.3 Å². The lowest BCUT2D eigenvalue weighted by atomic mass is 9.73. The number of hydrogen-bond acceptors (Lipinski definition) is 4. The second kappa shape index (κ2) is 7.23. The van der Waals surface area contributed by atoms with Crippen LogP contribution in [0.25, 0.3) is 0 Å². The van der Waals surface area contributed by atoms with Crippen molar-refractivity contribution in [1.82, 2.24) is 15.8 Å². The lowest BCUT2D eigenvalue weighted by Gasteiger charge is -2.36. The first-order chi connectivity index (χ1) is 11.7. The van der Waals surface area contributed by atoms with Crippen molar-refractivity contribution in [2.24, 2.45) is 0 Å². The highest BCUT2D eigenvalue weighted by Gasteiger charge is 2.41. The molecular formula is C18H19N3O3. The van der Waals surface area contributed by atoms with E-state index in [1.54, 1.807) is 12.1 Å². The molecule has 0 radical (unpaired) electrons. The smallest absolute Gasteiger partial charge is 0.269 e. The lowest BCUT2D eigenvalue weighted by Crippen LogP contribution is -2.53. The van der Waals surface area contributed by atoms with Gasteiger partial charge in [-0.3, -0.25) is 25.4 Å². The van der Waals surface area contributed by atoms with Crippen LogP contribution in [0.3, 0.4) is 0 Å². The molecule has 2 amide bonds. The zero-order valence-corrected chi connectivity index (χ0v) is 13.2. The Hall–Kier alpha value is -2.73. The van der Waals surface area contributed by atoms with Gasteiger partial charge in [-0.15, -0.1) is 0 Å². The van der Waals surface area contributed by atoms with E-state index in [1.165, 1.54) is 12.4 Å². The van der Waals surface area contributed by atoms with E-state index in [9.17, 15) is 9.59 Å². The van der Waals surface area contributed by atoms with E-state index in [-0.39, 0.29) is 11.8 Å². The predicted octanol–water partition coefficient (Wildman–Crippen LogP) is 1.59. The molecule has 0 bridgehead atoms. The number of carbonyl (C=O) groups excluding carboxylic acids is 2. The van der Waals surface area contributed by atoms with Gasteiger partial charge in [0.25, 0.3) is 5.91 Å². The van der Waals surface area contributed by atoms with Crippen LogP contribution in [0.4, 0.5) is 0 Å². The number of hydrazine groups is 1. The highest BCUT2D eigenvalue weighted by Crippen LogP contribution is 2.34. The molecule has 0 atom stereocenters. The van der Waals surface area contributed by atoms with Crippen molar-refractivity contribution in [3.63, 3.8) is 0 Å². The Balaban J connectivity index is 1.74. The first kappa shape index (κ1) is 16.1. The highest BCUT2D eigenvalue weighted by molar-refractivity contribution is 5.96. The summed E-state index contributed by atoms with van der Waals surface area (Å²) in [7, 11) is 0. The fourth-order valence-corrected chi connectivity index (χ4v) is 2.93. The van der Waals surface area contributed by atoms with Crippen LogP contribution in [0.5, 0.6) is 0 Å². The summed E-state index contributed by atoms with van der Waals surface area (Å²) in [5.74, 6) is -0.597. The number of amides is 2. The fourth-order valence-electron chi connectivity index (χ4n) is 2.93. The maximum Gasteiger partial charge on any atom is 0.269 e. The monoisotopic (exact) mass is 325 g/mol. The van der Waals surface area contributed by atoms with Gasteiger partial charge in [0.15, 0.2) is 0 Å². The predicted molar refractivity (Wildman–Crippen MR) is 88.0 cm³/mol. The van der Waals surface area contributed by atoms with Crippen LogP contribution >= 0.6 is 0 Å². The quantitative estimate of drug-likeness (QED) is 0.840. The summed E-state index contributed by atoms with van der Waals surface area (Å²) >= 11 is 0. The van der Waals surface area contributed by atoms with Gasteiger partial charge in [-0.2, -0.15) is 0 Å². The molecule has 0 spiro atoms. The third-order valence-corrected chi connectivity index (χ3v) is 4.34. The van der Waals surface area contributed by atoms with E-state index in [0.717, 1.165) is 5.56 Å². The number of pyridine rings is 1. The van der Waals surface area contributed by atoms with Crippen LogP contribution in [0.2, 0.25) is 0 Å². The van der Waals surface area contributed by atoms with E-state index in [0.29, 0.717) is 31.6 Å². The van der Waals surface area contributed by atoms with Gasteiger partial charge in [0.2, 0.25) is 5.91 Å². The Morgan fingerprint density at radius 2 is 1.62 bits per heavy atom. The van der Waals surface area contributed by atoms with E-state index in [2.05, 4.69) is 15.8 Å². The van der Waals surface area contributed by atoms with E-state index in [1.807, 2.05) is 30.3 Å². The van der Waals surface area contributed by atoms with Crippen molar-refractivity contribution >= 4 is 11.8 Å². The third kappa shape index (κ3) is 3.28. The Kier molecular flexibility index (Phi) is 4.86. The number of nitrogens with one attached hydrogen (secondary N) is 2. The van der Waals surface area contributed by atoms with Gasteiger partial charge < -0.3 is 4.74 Å². The van der Waals surface area contributed by atoms with Crippen molar-refractivity contribution in [2.75, 3.05) is 13.2 Å². The van der Waals surface area contributed by atoms with Crippen molar-refractivity contribution in [3.8, 4) is 0 Å². The average Bonchev–Trinajstić information content (AvgIpc) is 2.67. The summed E-state index contributed by atoms with van der Waals surface area (Å²) in [6, 6.07) is 12.8. The Bertz CT molecular complexity index is 698. The number of carbonyl (C=O) groups is 2. The zero-order chi connectivity index (χ0) is 16.8. The summed E-state index contributed by atoms with van der Waals surface area (Å²) in [4.78, 5) is 28.8. The highest BCUT2D eigenvalue weighted by atomic mass is 16.5. The fraction of sp³-hybridized carbons (Fsp3) is 0.278. The van der Waals surface area contributed by atoms with Crippen molar-refractivity contribution in [2.45, 2.75) is 18.3 Å². The van der Waals surface area contributed by atoms with Crippen LogP contribution in [-0.2, 0) is 14.9 Å². The van der Waals surface area contributed by atoms with Gasteiger partial charge >= 0.3 is 0 Å². The van der Waals surface area contributed by atoms with Crippen molar-refractivity contribution in [3.05, 3.63) is 66.0 Å². The van der Waals surface area contributed by atoms with Crippen molar-refractivity contribution in [1.29, 1.82) is 0 Å². The molecule has 0 unspecified atom stereocenters. The maximum absolute atomic E-state index is 12.9. The first-order valence-electron chi connectivity index (χ1n) is 7.86. The number of aromatic nitrogens is 1. The number of rotatable bonds is 3. The van der Waals surface area contributed by atoms with Crippen LogP contribution in [0.15, 0.2) is 54.9 Å². The molecule has 2 aromatic rings. The van der Waals surface area contributed by atoms with Gasteiger partial charge in [0.1, 0.15) is 0 Å². The minimum atomic E-state index is -0.689. The van der Waals surface area contributed by atoms with Gasteiger partial charge in [-0.05, 0) is 30.5 Å². The molecule has 2 N–H and O–H groups in total. The van der Waals surface area contributed by atoms with Crippen LogP contribution in [0, 0.1) is 0 Å². The molecule has 1 aromatic carbocycles. The molecule has 1 aliphatic rings. The van der Waals surface area contributed by atoms with Crippen LogP contribution < -0.4 is 10.9 Å². The summed E-state index contributed by atoms with van der Waals surface area (Å²) in [6.45, 7) is 1.03. The molecule has 124 valence electrons. The molecule has 0 saturated carbocycles. The molecule has 1 aromatic heterocycles. The molecule has 0 aliphatic carbocycles. The third-order valence-electron chi connectivity index (χ3n) is 4.34. The second-order valence-corrected chi connectivity index (χ2v) is 5.70. The van der Waals surface area contributed by atoms with Gasteiger partial charge in [-0.25, -0.2) is 0 Å². The Labute approximate surface area is 140 Å². The van der Waals surface area contributed by atoms with Gasteiger partial charge in [-0.1, -0.05) is 30.3 Å². The summed E-state index contributed by atoms with van der Waals surface area (Å²) in [6.07, 6.45) is 4.21. The van der Waals surface area contributed by atoms with E-state index in [4.69, 9.17) is 4.74 Å².